The number of rotatable bonds is 6. The second kappa shape index (κ2) is 8.67. The highest BCUT2D eigenvalue weighted by Gasteiger charge is 2.40. The number of benzene rings is 1. The molecule has 0 unspecified atom stereocenters. The van der Waals surface area contributed by atoms with Crippen molar-refractivity contribution in [2.24, 2.45) is 0 Å². The van der Waals surface area contributed by atoms with E-state index < -0.39 is 29.0 Å². The lowest BCUT2D eigenvalue weighted by Crippen LogP contribution is -2.57. The van der Waals surface area contributed by atoms with Crippen molar-refractivity contribution in [1.29, 1.82) is 0 Å². The van der Waals surface area contributed by atoms with Crippen molar-refractivity contribution in [2.45, 2.75) is 57.5 Å². The van der Waals surface area contributed by atoms with Crippen molar-refractivity contribution in [3.63, 3.8) is 0 Å². The lowest BCUT2D eigenvalue weighted by molar-refractivity contribution is -0.120. The highest BCUT2D eigenvalue weighted by Crippen LogP contribution is 2.33. The van der Waals surface area contributed by atoms with E-state index in [9.17, 15) is 23.9 Å². The maximum atomic E-state index is 13.5. The molecule has 0 spiro atoms. The van der Waals surface area contributed by atoms with Crippen LogP contribution in [0.4, 0.5) is 10.1 Å². The van der Waals surface area contributed by atoms with E-state index in [0.717, 1.165) is 25.3 Å². The first-order chi connectivity index (χ1) is 15.3. The first kappa shape index (κ1) is 22.5. The molecule has 1 aromatic heterocycles. The summed E-state index contributed by atoms with van der Waals surface area (Å²) in [6.45, 7) is 1.97. The largest absolute Gasteiger partial charge is 0.394 e. The minimum atomic E-state index is -0.773. The van der Waals surface area contributed by atoms with Gasteiger partial charge in [0.25, 0.3) is 17.6 Å². The molecular weight excluding hydrogens is 437 g/mol. The van der Waals surface area contributed by atoms with Gasteiger partial charge in [0.15, 0.2) is 0 Å². The maximum absolute atomic E-state index is 13.5. The topological polar surface area (TPSA) is 100 Å². The number of halogens is 2. The van der Waals surface area contributed by atoms with Crippen molar-refractivity contribution in [2.75, 3.05) is 11.9 Å². The molecule has 32 heavy (non-hydrogen) atoms. The number of hydrogen-bond acceptors (Lipinski definition) is 4. The van der Waals surface area contributed by atoms with Crippen molar-refractivity contribution in [3.8, 4) is 0 Å². The zero-order valence-corrected chi connectivity index (χ0v) is 18.5. The molecule has 1 aliphatic carbocycles. The van der Waals surface area contributed by atoms with Gasteiger partial charge in [-0.05, 0) is 69.2 Å². The van der Waals surface area contributed by atoms with E-state index in [0.29, 0.717) is 48.3 Å². The Morgan fingerprint density at radius 1 is 1.22 bits per heavy atom. The van der Waals surface area contributed by atoms with Crippen LogP contribution in [0.1, 0.15) is 64.2 Å². The van der Waals surface area contributed by atoms with Crippen LogP contribution in [0.3, 0.4) is 0 Å². The number of nitrogens with one attached hydrogen (secondary N) is 2. The van der Waals surface area contributed by atoms with E-state index in [-0.39, 0.29) is 17.3 Å². The first-order valence-electron chi connectivity index (χ1n) is 10.7. The van der Waals surface area contributed by atoms with Gasteiger partial charge in [0.1, 0.15) is 5.82 Å². The van der Waals surface area contributed by atoms with Gasteiger partial charge in [-0.3, -0.25) is 14.4 Å². The van der Waals surface area contributed by atoms with E-state index in [4.69, 9.17) is 11.6 Å². The molecule has 4 rings (SSSR count). The van der Waals surface area contributed by atoms with Crippen LogP contribution in [0.2, 0.25) is 5.02 Å². The standard InChI is InChI=1S/C23H25ClFN3O4/c1-13-18(21(31)26-14-6-7-16(25)15(24)11-14)17-5-2-3-10-28(17)19(13)20(30)22(32)27-23(12-29)8-4-9-23/h6-7,11,29H,2-5,8-10,12H2,1H3,(H,26,31)(H,27,32). The molecular formula is C23H25ClFN3O4. The molecule has 3 N–H and O–H groups in total. The predicted octanol–water partition coefficient (Wildman–Crippen LogP) is 3.39. The summed E-state index contributed by atoms with van der Waals surface area (Å²) in [6, 6.07) is 3.89. The molecule has 0 radical (unpaired) electrons. The van der Waals surface area contributed by atoms with Gasteiger partial charge >= 0.3 is 0 Å². The minimum Gasteiger partial charge on any atom is -0.394 e. The molecule has 1 aromatic carbocycles. The SMILES string of the molecule is Cc1c(C(=O)Nc2ccc(F)c(Cl)c2)c2n(c1C(=O)C(=O)NC1(CO)CCC1)CCCC2. The summed E-state index contributed by atoms with van der Waals surface area (Å²) in [5.74, 6) is -2.52. The van der Waals surface area contributed by atoms with Crippen molar-refractivity contribution in [1.82, 2.24) is 9.88 Å². The summed E-state index contributed by atoms with van der Waals surface area (Å²) in [7, 11) is 0. The summed E-state index contributed by atoms with van der Waals surface area (Å²) < 4.78 is 15.2. The van der Waals surface area contributed by atoms with Crippen LogP contribution in [0.15, 0.2) is 18.2 Å². The van der Waals surface area contributed by atoms with Crippen LogP contribution in [0, 0.1) is 12.7 Å². The third kappa shape index (κ3) is 3.93. The van der Waals surface area contributed by atoms with Gasteiger partial charge in [0, 0.05) is 17.9 Å². The van der Waals surface area contributed by atoms with Crippen molar-refractivity contribution in [3.05, 3.63) is 51.6 Å². The molecule has 0 bridgehead atoms. The number of hydrogen-bond donors (Lipinski definition) is 3. The van der Waals surface area contributed by atoms with Gasteiger partial charge in [-0.2, -0.15) is 0 Å². The Morgan fingerprint density at radius 3 is 2.59 bits per heavy atom. The van der Waals surface area contributed by atoms with Gasteiger partial charge in [-0.25, -0.2) is 4.39 Å². The van der Waals surface area contributed by atoms with E-state index in [1.54, 1.807) is 11.5 Å². The fourth-order valence-electron chi connectivity index (χ4n) is 4.57. The summed E-state index contributed by atoms with van der Waals surface area (Å²) in [6.07, 6.45) is 4.43. The Morgan fingerprint density at radius 2 is 1.97 bits per heavy atom. The molecule has 2 heterocycles. The van der Waals surface area contributed by atoms with Crippen LogP contribution in [0.25, 0.3) is 0 Å². The number of fused-ring (bicyclic) bond motifs is 1. The van der Waals surface area contributed by atoms with Crippen LogP contribution in [0.5, 0.6) is 0 Å². The molecule has 2 amide bonds. The molecule has 9 heteroatoms. The number of anilines is 1. The van der Waals surface area contributed by atoms with E-state index in [2.05, 4.69) is 10.6 Å². The summed E-state index contributed by atoms with van der Waals surface area (Å²) >= 11 is 5.81. The number of aliphatic hydroxyl groups excluding tert-OH is 1. The highest BCUT2D eigenvalue weighted by molar-refractivity contribution is 6.43. The Balaban J connectivity index is 1.66. The number of Topliss-reactive ketones (excluding diaryl/α,β-unsaturated/α-hetero) is 1. The smallest absolute Gasteiger partial charge is 0.294 e. The van der Waals surface area contributed by atoms with Crippen LogP contribution in [-0.2, 0) is 17.8 Å². The lowest BCUT2D eigenvalue weighted by Gasteiger charge is -2.40. The first-order valence-corrected chi connectivity index (χ1v) is 11.1. The lowest BCUT2D eigenvalue weighted by atomic mass is 9.77. The minimum absolute atomic E-state index is 0.111. The number of carbonyl (C=O) groups excluding carboxylic acids is 3. The van der Waals surface area contributed by atoms with Crippen molar-refractivity contribution >= 4 is 34.9 Å². The van der Waals surface area contributed by atoms with Crippen LogP contribution >= 0.6 is 11.6 Å². The Labute approximate surface area is 189 Å². The normalized spacial score (nSPS) is 16.6. The molecule has 1 aliphatic heterocycles. The maximum Gasteiger partial charge on any atom is 0.294 e. The molecule has 2 aliphatic rings. The zero-order valence-electron chi connectivity index (χ0n) is 17.8. The van der Waals surface area contributed by atoms with Crippen LogP contribution < -0.4 is 10.6 Å². The third-order valence-electron chi connectivity index (χ3n) is 6.48. The second-order valence-electron chi connectivity index (χ2n) is 8.56. The van der Waals surface area contributed by atoms with Gasteiger partial charge < -0.3 is 20.3 Å². The number of aromatic nitrogens is 1. The molecule has 170 valence electrons. The summed E-state index contributed by atoms with van der Waals surface area (Å²) in [5, 5.41) is 14.9. The number of nitrogens with zero attached hydrogens (tertiary/aromatic N) is 1. The number of carbonyl (C=O) groups is 3. The Bertz CT molecular complexity index is 1100. The number of amides is 2. The molecule has 1 fully saturated rings. The number of aliphatic hydroxyl groups is 1. The number of ketones is 1. The quantitative estimate of drug-likeness (QED) is 0.453. The fourth-order valence-corrected chi connectivity index (χ4v) is 4.75. The van der Waals surface area contributed by atoms with Crippen LogP contribution in [-0.4, -0.2) is 39.4 Å². The Kier molecular flexibility index (Phi) is 6.09. The summed E-state index contributed by atoms with van der Waals surface area (Å²) in [4.78, 5) is 39.0. The highest BCUT2D eigenvalue weighted by atomic mass is 35.5. The monoisotopic (exact) mass is 461 g/mol. The molecule has 0 saturated heterocycles. The molecule has 0 atom stereocenters. The third-order valence-corrected chi connectivity index (χ3v) is 6.77. The van der Waals surface area contributed by atoms with E-state index >= 15 is 0 Å². The average Bonchev–Trinajstić information content (AvgIpc) is 3.04. The van der Waals surface area contributed by atoms with Gasteiger partial charge in [0.2, 0.25) is 0 Å². The van der Waals surface area contributed by atoms with Crippen molar-refractivity contribution < 1.29 is 23.9 Å². The predicted molar refractivity (Wildman–Crippen MR) is 118 cm³/mol. The average molecular weight is 462 g/mol. The molecule has 2 aromatic rings. The summed E-state index contributed by atoms with van der Waals surface area (Å²) in [5.41, 5.74) is 1.28. The van der Waals surface area contributed by atoms with E-state index in [1.807, 2.05) is 0 Å². The molecule has 1 saturated carbocycles. The molecule has 7 nitrogen and oxygen atoms in total. The fraction of sp³-hybridized carbons (Fsp3) is 0.435. The Hall–Kier alpha value is -2.71. The van der Waals surface area contributed by atoms with E-state index in [1.165, 1.54) is 12.1 Å². The van der Waals surface area contributed by atoms with Gasteiger partial charge in [0.05, 0.1) is 28.4 Å². The second-order valence-corrected chi connectivity index (χ2v) is 8.97. The zero-order chi connectivity index (χ0) is 23.0. The van der Waals surface area contributed by atoms with Gasteiger partial charge in [-0.15, -0.1) is 0 Å². The van der Waals surface area contributed by atoms with Gasteiger partial charge in [-0.1, -0.05) is 11.6 Å².